The topological polar surface area (TPSA) is 67.3 Å². The summed E-state index contributed by atoms with van der Waals surface area (Å²) in [7, 11) is 1.39. The van der Waals surface area contributed by atoms with Gasteiger partial charge in [-0.15, -0.1) is 0 Å². The standard InChI is InChI=1S/C13H20N4O2S2/c1-13(5-8-17(9-6-13)21(3)20)16-12(18)11-14-7-4-10(15-11)19-2/h4,7H,5-6,8-9H2,1-3H3,(H,16,18). The summed E-state index contributed by atoms with van der Waals surface area (Å²) in [4.78, 5) is 20.3. The highest BCUT2D eigenvalue weighted by Gasteiger charge is 2.32. The van der Waals surface area contributed by atoms with E-state index in [0.29, 0.717) is 5.88 Å². The number of nitrogens with zero attached hydrogens (tertiary/aromatic N) is 3. The Morgan fingerprint density at radius 3 is 2.76 bits per heavy atom. The molecule has 21 heavy (non-hydrogen) atoms. The molecule has 8 heteroatoms. The van der Waals surface area contributed by atoms with E-state index < -0.39 is 0 Å². The molecule has 1 atom stereocenters. The Hall–Kier alpha value is -1.12. The molecule has 2 rings (SSSR count). The van der Waals surface area contributed by atoms with Gasteiger partial charge in [0.05, 0.1) is 7.11 Å². The highest BCUT2D eigenvalue weighted by atomic mass is 32.8. The summed E-state index contributed by atoms with van der Waals surface area (Å²) in [5.41, 5.74) is -0.241. The number of carbonyl (C=O) groups is 1. The monoisotopic (exact) mass is 328 g/mol. The molecule has 1 amide bonds. The lowest BCUT2D eigenvalue weighted by atomic mass is 9.90. The van der Waals surface area contributed by atoms with Crippen LogP contribution in [0.4, 0.5) is 0 Å². The van der Waals surface area contributed by atoms with Gasteiger partial charge in [0.2, 0.25) is 11.7 Å². The molecular weight excluding hydrogens is 308 g/mol. The van der Waals surface area contributed by atoms with Gasteiger partial charge < -0.3 is 10.1 Å². The molecule has 6 nitrogen and oxygen atoms in total. The average molecular weight is 328 g/mol. The summed E-state index contributed by atoms with van der Waals surface area (Å²) in [5, 5.41) is 3.05. The molecule has 0 saturated carbocycles. The number of rotatable bonds is 4. The Morgan fingerprint density at radius 1 is 1.52 bits per heavy atom. The summed E-state index contributed by atoms with van der Waals surface area (Å²) < 4.78 is 7.28. The highest BCUT2D eigenvalue weighted by Crippen LogP contribution is 2.22. The van der Waals surface area contributed by atoms with Crippen LogP contribution in [0.2, 0.25) is 0 Å². The van der Waals surface area contributed by atoms with Crippen LogP contribution in [0.15, 0.2) is 12.3 Å². The van der Waals surface area contributed by atoms with E-state index in [9.17, 15) is 4.79 Å². The lowest BCUT2D eigenvalue weighted by Gasteiger charge is -2.39. The Balaban J connectivity index is 2.00. The van der Waals surface area contributed by atoms with Gasteiger partial charge in [0.15, 0.2) is 0 Å². The Kier molecular flexibility index (Phi) is 5.23. The second-order valence-electron chi connectivity index (χ2n) is 5.29. The fourth-order valence-corrected chi connectivity index (χ4v) is 3.40. The molecule has 0 aromatic carbocycles. The molecule has 2 heterocycles. The molecule has 1 aromatic rings. The molecule has 1 aromatic heterocycles. The van der Waals surface area contributed by atoms with E-state index in [-0.39, 0.29) is 26.9 Å². The van der Waals surface area contributed by atoms with Crippen LogP contribution in [-0.4, -0.2) is 52.2 Å². The number of hydrogen-bond donors (Lipinski definition) is 1. The first-order valence-corrected chi connectivity index (χ1v) is 9.23. The number of nitrogens with one attached hydrogen (secondary N) is 1. The molecule has 1 saturated heterocycles. The molecular formula is C13H20N4O2S2. The number of amides is 1. The maximum Gasteiger partial charge on any atom is 0.289 e. The van der Waals surface area contributed by atoms with Gasteiger partial charge in [-0.05, 0) is 31.0 Å². The van der Waals surface area contributed by atoms with Crippen LogP contribution >= 0.6 is 0 Å². The molecule has 1 fully saturated rings. The molecule has 1 aliphatic heterocycles. The first-order chi connectivity index (χ1) is 9.93. The lowest BCUT2D eigenvalue weighted by molar-refractivity contribution is 0.0861. The normalized spacial score (nSPS) is 19.8. The second kappa shape index (κ2) is 6.76. The van der Waals surface area contributed by atoms with Gasteiger partial charge in [-0.2, -0.15) is 4.98 Å². The maximum atomic E-state index is 12.3. The van der Waals surface area contributed by atoms with Gasteiger partial charge in [0, 0.05) is 37.1 Å². The van der Waals surface area contributed by atoms with Gasteiger partial charge in [-0.3, -0.25) is 4.79 Å². The first kappa shape index (κ1) is 16.3. The molecule has 1 aliphatic rings. The zero-order valence-corrected chi connectivity index (χ0v) is 14.1. The van der Waals surface area contributed by atoms with Crippen molar-refractivity contribution in [2.45, 2.75) is 25.3 Å². The molecule has 0 spiro atoms. The van der Waals surface area contributed by atoms with E-state index in [4.69, 9.17) is 15.9 Å². The van der Waals surface area contributed by atoms with Crippen molar-refractivity contribution in [2.24, 2.45) is 0 Å². The predicted molar refractivity (Wildman–Crippen MR) is 85.9 cm³/mol. The fraction of sp³-hybridized carbons (Fsp3) is 0.615. The molecule has 1 N–H and O–H groups in total. The third kappa shape index (κ3) is 4.18. The Labute approximate surface area is 132 Å². The fourth-order valence-electron chi connectivity index (χ4n) is 2.26. The first-order valence-electron chi connectivity index (χ1n) is 6.71. The largest absolute Gasteiger partial charge is 0.481 e. The Bertz CT molecular complexity index is 545. The van der Waals surface area contributed by atoms with Crippen LogP contribution in [0.25, 0.3) is 0 Å². The van der Waals surface area contributed by atoms with Gasteiger partial charge in [-0.25, -0.2) is 9.29 Å². The Morgan fingerprint density at radius 2 is 2.19 bits per heavy atom. The van der Waals surface area contributed by atoms with E-state index >= 15 is 0 Å². The van der Waals surface area contributed by atoms with Crippen molar-refractivity contribution in [1.29, 1.82) is 0 Å². The quantitative estimate of drug-likeness (QED) is 0.877. The minimum absolute atomic E-state index is 0.126. The van der Waals surface area contributed by atoms with Crippen molar-refractivity contribution in [3.8, 4) is 5.88 Å². The zero-order chi connectivity index (χ0) is 15.5. The molecule has 0 aliphatic carbocycles. The van der Waals surface area contributed by atoms with Crippen LogP contribution in [0.1, 0.15) is 30.4 Å². The van der Waals surface area contributed by atoms with Crippen LogP contribution in [-0.2, 0) is 20.8 Å². The number of methoxy groups -OCH3 is 1. The van der Waals surface area contributed by atoms with Gasteiger partial charge in [-0.1, -0.05) is 9.64 Å². The van der Waals surface area contributed by atoms with E-state index in [2.05, 4.69) is 26.5 Å². The SMILES string of the molecule is COc1ccnc(C(=O)NC2(C)CCN(S(C)=S)CC2)n1. The van der Waals surface area contributed by atoms with Gasteiger partial charge in [0.25, 0.3) is 5.91 Å². The minimum Gasteiger partial charge on any atom is -0.481 e. The van der Waals surface area contributed by atoms with Crippen molar-refractivity contribution >= 4 is 26.7 Å². The molecule has 116 valence electrons. The zero-order valence-electron chi connectivity index (χ0n) is 12.5. The smallest absolute Gasteiger partial charge is 0.289 e. The van der Waals surface area contributed by atoms with Crippen molar-refractivity contribution in [3.05, 3.63) is 18.1 Å². The lowest BCUT2D eigenvalue weighted by Crippen LogP contribution is -2.53. The maximum absolute atomic E-state index is 12.3. The number of piperidine rings is 1. The summed E-state index contributed by atoms with van der Waals surface area (Å²) >= 11 is 5.30. The number of hydrogen-bond acceptors (Lipinski definition) is 5. The number of ether oxygens (including phenoxy) is 1. The van der Waals surface area contributed by atoms with E-state index in [1.54, 1.807) is 6.07 Å². The second-order valence-corrected chi connectivity index (χ2v) is 8.10. The number of aromatic nitrogens is 2. The van der Waals surface area contributed by atoms with Crippen molar-refractivity contribution in [1.82, 2.24) is 19.6 Å². The summed E-state index contributed by atoms with van der Waals surface area (Å²) in [6.07, 6.45) is 5.31. The summed E-state index contributed by atoms with van der Waals surface area (Å²) in [6.45, 7) is 3.86. The van der Waals surface area contributed by atoms with E-state index in [0.717, 1.165) is 25.9 Å². The molecule has 0 radical (unpaired) electrons. The van der Waals surface area contributed by atoms with E-state index in [1.165, 1.54) is 13.3 Å². The summed E-state index contributed by atoms with van der Waals surface area (Å²) in [6, 6.07) is 1.61. The van der Waals surface area contributed by atoms with E-state index in [1.807, 2.05) is 6.26 Å². The number of carbonyl (C=O) groups excluding carboxylic acids is 1. The van der Waals surface area contributed by atoms with Gasteiger partial charge in [0.1, 0.15) is 0 Å². The predicted octanol–water partition coefficient (Wildman–Crippen LogP) is 0.694. The van der Waals surface area contributed by atoms with Crippen LogP contribution in [0.3, 0.4) is 0 Å². The highest BCUT2D eigenvalue weighted by molar-refractivity contribution is 8.27. The average Bonchev–Trinajstić information content (AvgIpc) is 2.47. The van der Waals surface area contributed by atoms with Crippen LogP contribution in [0.5, 0.6) is 5.88 Å². The van der Waals surface area contributed by atoms with Crippen LogP contribution in [0, 0.1) is 0 Å². The van der Waals surface area contributed by atoms with Crippen molar-refractivity contribution in [3.63, 3.8) is 0 Å². The summed E-state index contributed by atoms with van der Waals surface area (Å²) in [5.74, 6) is 0.256. The molecule has 0 bridgehead atoms. The van der Waals surface area contributed by atoms with Gasteiger partial charge >= 0.3 is 0 Å². The molecule has 1 unspecified atom stereocenters. The third-order valence-corrected chi connectivity index (χ3v) is 5.37. The minimum atomic E-state index is -0.265. The van der Waals surface area contributed by atoms with Crippen molar-refractivity contribution < 1.29 is 9.53 Å². The van der Waals surface area contributed by atoms with Crippen LogP contribution < -0.4 is 10.1 Å². The van der Waals surface area contributed by atoms with Crippen molar-refractivity contribution in [2.75, 3.05) is 26.5 Å². The third-order valence-electron chi connectivity index (χ3n) is 3.65.